The summed E-state index contributed by atoms with van der Waals surface area (Å²) in [6.07, 6.45) is 3.70. The zero-order valence-electron chi connectivity index (χ0n) is 9.77. The molecule has 2 heterocycles. The monoisotopic (exact) mass is 263 g/mol. The molecule has 5 nitrogen and oxygen atoms in total. The zero-order chi connectivity index (χ0) is 12.7. The first-order valence-electron chi connectivity index (χ1n) is 5.93. The van der Waals surface area contributed by atoms with Crippen molar-refractivity contribution in [3.63, 3.8) is 0 Å². The smallest absolute Gasteiger partial charge is 0.303 e. The number of hydrogen-bond acceptors (Lipinski definition) is 5. The summed E-state index contributed by atoms with van der Waals surface area (Å²) in [5.74, 6) is 0.188. The van der Waals surface area contributed by atoms with Crippen LogP contribution in [0.3, 0.4) is 0 Å². The van der Waals surface area contributed by atoms with E-state index in [1.165, 1.54) is 16.9 Å². The van der Waals surface area contributed by atoms with Crippen molar-refractivity contribution in [1.82, 2.24) is 9.97 Å². The van der Waals surface area contributed by atoms with Crippen LogP contribution in [0.4, 0.5) is 5.82 Å². The van der Waals surface area contributed by atoms with Crippen molar-refractivity contribution in [2.24, 2.45) is 0 Å². The van der Waals surface area contributed by atoms with Crippen LogP contribution >= 0.6 is 11.3 Å². The third-order valence-corrected chi connectivity index (χ3v) is 4.39. The quantitative estimate of drug-likeness (QED) is 0.881. The number of rotatable bonds is 3. The second-order valence-electron chi connectivity index (χ2n) is 4.46. The minimum absolute atomic E-state index is 0.0377. The summed E-state index contributed by atoms with van der Waals surface area (Å²) in [5, 5.41) is 9.66. The second-order valence-corrected chi connectivity index (χ2v) is 5.54. The Morgan fingerprint density at radius 3 is 3.00 bits per heavy atom. The van der Waals surface area contributed by atoms with E-state index in [2.05, 4.69) is 9.97 Å². The topological polar surface area (TPSA) is 89.1 Å². The number of carboxylic acids is 1. The Hall–Kier alpha value is -1.69. The first-order chi connectivity index (χ1) is 8.65. The minimum atomic E-state index is -0.842. The molecule has 3 N–H and O–H groups in total. The molecule has 0 fully saturated rings. The number of thiophene rings is 1. The van der Waals surface area contributed by atoms with Crippen LogP contribution < -0.4 is 5.73 Å². The van der Waals surface area contributed by atoms with Gasteiger partial charge in [0.2, 0.25) is 0 Å². The van der Waals surface area contributed by atoms with E-state index in [-0.39, 0.29) is 6.42 Å². The molecular weight excluding hydrogens is 250 g/mol. The largest absolute Gasteiger partial charge is 0.481 e. The minimum Gasteiger partial charge on any atom is -0.481 e. The van der Waals surface area contributed by atoms with E-state index in [9.17, 15) is 4.79 Å². The van der Waals surface area contributed by atoms with Gasteiger partial charge in [-0.2, -0.15) is 0 Å². The van der Waals surface area contributed by atoms with Crippen molar-refractivity contribution < 1.29 is 9.90 Å². The molecule has 6 heteroatoms. The molecule has 2 aromatic heterocycles. The van der Waals surface area contributed by atoms with Gasteiger partial charge < -0.3 is 10.8 Å². The predicted molar refractivity (Wildman–Crippen MR) is 69.8 cm³/mol. The number of aliphatic carboxylic acids is 1. The van der Waals surface area contributed by atoms with Crippen molar-refractivity contribution in [1.29, 1.82) is 0 Å². The van der Waals surface area contributed by atoms with Crippen LogP contribution in [-0.4, -0.2) is 21.0 Å². The molecule has 0 saturated carbocycles. The van der Waals surface area contributed by atoms with Gasteiger partial charge in [0.15, 0.2) is 0 Å². The maximum absolute atomic E-state index is 10.6. The Labute approximate surface area is 108 Å². The molecule has 0 amide bonds. The molecule has 18 heavy (non-hydrogen) atoms. The summed E-state index contributed by atoms with van der Waals surface area (Å²) in [5.41, 5.74) is 7.29. The lowest BCUT2D eigenvalue weighted by Crippen LogP contribution is -2.04. The second kappa shape index (κ2) is 4.20. The third-order valence-electron chi connectivity index (χ3n) is 3.20. The van der Waals surface area contributed by atoms with Gasteiger partial charge in [-0.15, -0.1) is 11.3 Å². The van der Waals surface area contributed by atoms with Gasteiger partial charge in [-0.3, -0.25) is 4.79 Å². The number of fused-ring (bicyclic) bond motifs is 3. The Bertz CT molecular complexity index is 636. The molecule has 0 radical (unpaired) electrons. The number of carbonyl (C=O) groups is 1. The number of nitrogen functional groups attached to an aromatic ring is 1. The van der Waals surface area contributed by atoms with E-state index in [1.54, 1.807) is 11.3 Å². The van der Waals surface area contributed by atoms with Crippen LogP contribution in [0.5, 0.6) is 0 Å². The van der Waals surface area contributed by atoms with Crippen molar-refractivity contribution in [2.75, 3.05) is 5.73 Å². The molecule has 94 valence electrons. The Kier molecular flexibility index (Phi) is 2.66. The van der Waals surface area contributed by atoms with Gasteiger partial charge in [0.05, 0.1) is 11.8 Å². The van der Waals surface area contributed by atoms with Gasteiger partial charge in [0.1, 0.15) is 16.5 Å². The molecule has 0 atom stereocenters. The third kappa shape index (κ3) is 1.82. The first kappa shape index (κ1) is 11.4. The fourth-order valence-corrected chi connectivity index (χ4v) is 3.69. The van der Waals surface area contributed by atoms with Crippen LogP contribution in [-0.2, 0) is 24.1 Å². The van der Waals surface area contributed by atoms with E-state index in [0.717, 1.165) is 23.1 Å². The van der Waals surface area contributed by atoms with E-state index in [0.29, 0.717) is 18.1 Å². The molecule has 0 bridgehead atoms. The van der Waals surface area contributed by atoms with E-state index in [4.69, 9.17) is 10.8 Å². The fourth-order valence-electron chi connectivity index (χ4n) is 2.40. The Morgan fingerprint density at radius 2 is 2.22 bits per heavy atom. The number of nitrogens with zero attached hydrogens (tertiary/aromatic N) is 2. The van der Waals surface area contributed by atoms with Gasteiger partial charge in [0.25, 0.3) is 0 Å². The summed E-state index contributed by atoms with van der Waals surface area (Å²) >= 11 is 1.67. The van der Waals surface area contributed by atoms with Gasteiger partial charge in [-0.25, -0.2) is 9.97 Å². The lowest BCUT2D eigenvalue weighted by Gasteiger charge is -2.02. The maximum Gasteiger partial charge on any atom is 0.303 e. The molecule has 3 rings (SSSR count). The molecule has 0 aliphatic heterocycles. The molecule has 0 aromatic carbocycles. The van der Waals surface area contributed by atoms with Crippen LogP contribution in [0.2, 0.25) is 0 Å². The summed E-state index contributed by atoms with van der Waals surface area (Å²) in [6, 6.07) is 0. The SMILES string of the molecule is Nc1nc(CCC(=O)O)nc2sc3c(c12)CCC3. The summed E-state index contributed by atoms with van der Waals surface area (Å²) in [6.45, 7) is 0. The molecular formula is C12H13N3O2S. The standard InChI is InChI=1S/C12H13N3O2S/c13-11-10-6-2-1-3-7(6)18-12(10)15-8(14-11)4-5-9(16)17/h1-5H2,(H,16,17)(H2,13,14,15). The highest BCUT2D eigenvalue weighted by molar-refractivity contribution is 7.19. The number of nitrogens with two attached hydrogens (primary N) is 1. The van der Waals surface area contributed by atoms with Gasteiger partial charge >= 0.3 is 5.97 Å². The number of aromatic nitrogens is 2. The lowest BCUT2D eigenvalue weighted by atomic mass is 10.2. The van der Waals surface area contributed by atoms with E-state index < -0.39 is 5.97 Å². The van der Waals surface area contributed by atoms with Gasteiger partial charge in [-0.1, -0.05) is 0 Å². The summed E-state index contributed by atoms with van der Waals surface area (Å²) < 4.78 is 0. The number of carboxylic acid groups (broad SMARTS) is 1. The zero-order valence-corrected chi connectivity index (χ0v) is 10.6. The van der Waals surface area contributed by atoms with Gasteiger partial charge in [0, 0.05) is 11.3 Å². The van der Waals surface area contributed by atoms with Crippen LogP contribution in [0.15, 0.2) is 0 Å². The number of anilines is 1. The fraction of sp³-hybridized carbons (Fsp3) is 0.417. The van der Waals surface area contributed by atoms with E-state index >= 15 is 0 Å². The van der Waals surface area contributed by atoms with Crippen LogP contribution in [0.25, 0.3) is 10.2 Å². The Morgan fingerprint density at radius 1 is 1.39 bits per heavy atom. The number of hydrogen-bond donors (Lipinski definition) is 2. The highest BCUT2D eigenvalue weighted by atomic mass is 32.1. The van der Waals surface area contributed by atoms with Crippen LogP contribution in [0.1, 0.15) is 29.1 Å². The van der Waals surface area contributed by atoms with Crippen molar-refractivity contribution in [3.05, 3.63) is 16.3 Å². The Balaban J connectivity index is 2.03. The normalized spacial score (nSPS) is 14.0. The number of aryl methyl sites for hydroxylation is 3. The predicted octanol–water partition coefficient (Wildman–Crippen LogP) is 1.78. The molecule has 1 aliphatic carbocycles. The van der Waals surface area contributed by atoms with Gasteiger partial charge in [-0.05, 0) is 24.8 Å². The van der Waals surface area contributed by atoms with Crippen molar-refractivity contribution in [2.45, 2.75) is 32.1 Å². The summed E-state index contributed by atoms with van der Waals surface area (Å²) in [4.78, 5) is 21.5. The molecule has 0 unspecified atom stereocenters. The molecule has 1 aliphatic rings. The highest BCUT2D eigenvalue weighted by Crippen LogP contribution is 2.38. The summed E-state index contributed by atoms with van der Waals surface area (Å²) in [7, 11) is 0. The first-order valence-corrected chi connectivity index (χ1v) is 6.75. The highest BCUT2D eigenvalue weighted by Gasteiger charge is 2.21. The van der Waals surface area contributed by atoms with E-state index in [1.807, 2.05) is 0 Å². The molecule has 0 spiro atoms. The van der Waals surface area contributed by atoms with Crippen molar-refractivity contribution in [3.8, 4) is 0 Å². The average Bonchev–Trinajstić information content (AvgIpc) is 2.85. The lowest BCUT2D eigenvalue weighted by molar-refractivity contribution is -0.137. The van der Waals surface area contributed by atoms with Crippen molar-refractivity contribution >= 4 is 33.3 Å². The molecule has 2 aromatic rings. The molecule has 0 saturated heterocycles. The average molecular weight is 263 g/mol. The maximum atomic E-state index is 10.6. The van der Waals surface area contributed by atoms with Crippen LogP contribution in [0, 0.1) is 0 Å².